The Bertz CT molecular complexity index is 1210. The largest absolute Gasteiger partial charge is 0.467 e. The van der Waals surface area contributed by atoms with Crippen LogP contribution in [-0.4, -0.2) is 21.2 Å². The lowest BCUT2D eigenvalue weighted by atomic mass is 10.1. The van der Waals surface area contributed by atoms with Gasteiger partial charge in [0.05, 0.1) is 35.2 Å². The van der Waals surface area contributed by atoms with Gasteiger partial charge >= 0.3 is 0 Å². The van der Waals surface area contributed by atoms with Gasteiger partial charge in [-0.2, -0.15) is 0 Å². The monoisotopic (exact) mass is 419 g/mol. The Morgan fingerprint density at radius 2 is 1.90 bits per heavy atom. The Balaban J connectivity index is 1.63. The van der Waals surface area contributed by atoms with Crippen LogP contribution < -0.4 is 10.9 Å². The molecule has 0 aliphatic carbocycles. The number of hydrogen-bond donors (Lipinski definition) is 1. The summed E-state index contributed by atoms with van der Waals surface area (Å²) in [6.07, 6.45) is 2.49. The number of amides is 1. The number of carbonyl (C=O) groups is 1. The van der Waals surface area contributed by atoms with Gasteiger partial charge in [0.2, 0.25) is 5.91 Å². The summed E-state index contributed by atoms with van der Waals surface area (Å²) in [7, 11) is 0. The Hall–Kier alpha value is -3.32. The number of hydrogen-bond acceptors (Lipinski definition) is 5. The highest BCUT2D eigenvalue weighted by Crippen LogP contribution is 2.21. The number of benzene rings is 2. The fourth-order valence-corrected chi connectivity index (χ4v) is 3.94. The summed E-state index contributed by atoms with van der Waals surface area (Å²) < 4.78 is 6.80. The minimum Gasteiger partial charge on any atom is -0.467 e. The van der Waals surface area contributed by atoms with Crippen molar-refractivity contribution in [1.29, 1.82) is 0 Å². The number of thioether (sulfide) groups is 1. The van der Waals surface area contributed by atoms with E-state index in [1.54, 1.807) is 29.0 Å². The van der Waals surface area contributed by atoms with Crippen LogP contribution in [0, 0.1) is 0 Å². The zero-order valence-corrected chi connectivity index (χ0v) is 17.3. The van der Waals surface area contributed by atoms with Crippen LogP contribution in [0.3, 0.4) is 0 Å². The summed E-state index contributed by atoms with van der Waals surface area (Å²) in [4.78, 5) is 30.2. The van der Waals surface area contributed by atoms with Gasteiger partial charge in [-0.25, -0.2) is 4.98 Å². The van der Waals surface area contributed by atoms with E-state index in [0.717, 1.165) is 12.1 Å². The normalized spacial score (nSPS) is 11.0. The van der Waals surface area contributed by atoms with Crippen LogP contribution in [0.5, 0.6) is 0 Å². The molecule has 2 heterocycles. The van der Waals surface area contributed by atoms with Crippen molar-refractivity contribution in [1.82, 2.24) is 14.9 Å². The van der Waals surface area contributed by atoms with Gasteiger partial charge in [0, 0.05) is 0 Å². The van der Waals surface area contributed by atoms with Crippen molar-refractivity contribution in [2.75, 3.05) is 5.75 Å². The molecule has 0 saturated heterocycles. The molecule has 2 aromatic heterocycles. The van der Waals surface area contributed by atoms with Crippen LogP contribution >= 0.6 is 11.8 Å². The molecule has 4 aromatic rings. The number of aromatic nitrogens is 2. The molecule has 4 rings (SSSR count). The number of aryl methyl sites for hydroxylation is 1. The number of para-hydroxylation sites is 1. The second kappa shape index (κ2) is 9.00. The number of nitrogens with zero attached hydrogens (tertiary/aromatic N) is 2. The smallest absolute Gasteiger partial charge is 0.266 e. The van der Waals surface area contributed by atoms with E-state index in [1.807, 2.05) is 42.5 Å². The minimum absolute atomic E-state index is 0.137. The van der Waals surface area contributed by atoms with Gasteiger partial charge < -0.3 is 9.73 Å². The van der Waals surface area contributed by atoms with Gasteiger partial charge in [0.25, 0.3) is 5.56 Å². The number of nitrogens with one attached hydrogen (secondary N) is 1. The first-order valence-electron chi connectivity index (χ1n) is 9.68. The molecular weight excluding hydrogens is 398 g/mol. The highest BCUT2D eigenvalue weighted by molar-refractivity contribution is 7.99. The highest BCUT2D eigenvalue weighted by Gasteiger charge is 2.15. The molecule has 30 heavy (non-hydrogen) atoms. The third-order valence-corrected chi connectivity index (χ3v) is 5.66. The summed E-state index contributed by atoms with van der Waals surface area (Å²) in [6, 6.07) is 18.7. The molecule has 0 unspecified atom stereocenters. The SMILES string of the molecule is CCc1ccc(-n2c(SCC(=O)NCc3ccco3)nc3ccccc3c2=O)cc1. The van der Waals surface area contributed by atoms with Gasteiger partial charge in [0.15, 0.2) is 5.16 Å². The molecule has 1 amide bonds. The lowest BCUT2D eigenvalue weighted by molar-refractivity contribution is -0.118. The molecular formula is C23H21N3O3S. The van der Waals surface area contributed by atoms with E-state index in [-0.39, 0.29) is 17.2 Å². The Kier molecular flexibility index (Phi) is 5.99. The molecule has 152 valence electrons. The lowest BCUT2D eigenvalue weighted by Crippen LogP contribution is -2.26. The van der Waals surface area contributed by atoms with Gasteiger partial charge in [-0.1, -0.05) is 43.0 Å². The standard InChI is InChI=1S/C23H21N3O3S/c1-2-16-9-11-17(12-10-16)26-22(28)19-7-3-4-8-20(19)25-23(26)30-15-21(27)24-14-18-6-5-13-29-18/h3-13H,2,14-15H2,1H3,(H,24,27). The molecule has 0 bridgehead atoms. The van der Waals surface area contributed by atoms with E-state index in [2.05, 4.69) is 17.2 Å². The number of furan rings is 1. The van der Waals surface area contributed by atoms with Crippen molar-refractivity contribution >= 4 is 28.6 Å². The summed E-state index contributed by atoms with van der Waals surface area (Å²) in [5.74, 6) is 0.662. The van der Waals surface area contributed by atoms with Crippen molar-refractivity contribution in [2.45, 2.75) is 25.0 Å². The first-order chi connectivity index (χ1) is 14.7. The second-order valence-corrected chi connectivity index (χ2v) is 7.66. The second-order valence-electron chi connectivity index (χ2n) is 6.72. The minimum atomic E-state index is -0.160. The number of fused-ring (bicyclic) bond motifs is 1. The molecule has 0 atom stereocenters. The maximum Gasteiger partial charge on any atom is 0.266 e. The zero-order valence-electron chi connectivity index (χ0n) is 16.5. The predicted molar refractivity (Wildman–Crippen MR) is 118 cm³/mol. The van der Waals surface area contributed by atoms with Gasteiger partial charge in [-0.15, -0.1) is 0 Å². The van der Waals surface area contributed by atoms with Gasteiger partial charge in [-0.05, 0) is 48.4 Å². The van der Waals surface area contributed by atoms with Crippen molar-refractivity contribution in [2.24, 2.45) is 0 Å². The average Bonchev–Trinajstić information content (AvgIpc) is 3.30. The fraction of sp³-hybridized carbons (Fsp3) is 0.174. The number of rotatable bonds is 7. The maximum atomic E-state index is 13.2. The zero-order chi connectivity index (χ0) is 20.9. The van der Waals surface area contributed by atoms with Crippen molar-refractivity contribution < 1.29 is 9.21 Å². The van der Waals surface area contributed by atoms with Crippen LogP contribution in [0.25, 0.3) is 16.6 Å². The van der Waals surface area contributed by atoms with Crippen LogP contribution in [0.4, 0.5) is 0 Å². The van der Waals surface area contributed by atoms with E-state index in [1.165, 1.54) is 17.3 Å². The molecule has 1 N–H and O–H groups in total. The van der Waals surface area contributed by atoms with Crippen LogP contribution in [0.1, 0.15) is 18.2 Å². The van der Waals surface area contributed by atoms with Crippen molar-refractivity contribution in [3.63, 3.8) is 0 Å². The quantitative estimate of drug-likeness (QED) is 0.363. The summed E-state index contributed by atoms with van der Waals surface area (Å²) >= 11 is 1.24. The molecule has 0 aliphatic heterocycles. The highest BCUT2D eigenvalue weighted by atomic mass is 32.2. The Morgan fingerprint density at radius 1 is 1.10 bits per heavy atom. The molecule has 2 aromatic carbocycles. The van der Waals surface area contributed by atoms with Crippen LogP contribution in [0.15, 0.2) is 81.3 Å². The Morgan fingerprint density at radius 3 is 2.63 bits per heavy atom. The van der Waals surface area contributed by atoms with E-state index < -0.39 is 0 Å². The molecule has 0 radical (unpaired) electrons. The summed E-state index contributed by atoms with van der Waals surface area (Å²) in [6.45, 7) is 2.41. The molecule has 6 nitrogen and oxygen atoms in total. The first kappa shape index (κ1) is 20.0. The van der Waals surface area contributed by atoms with Crippen LogP contribution in [0.2, 0.25) is 0 Å². The van der Waals surface area contributed by atoms with Gasteiger partial charge in [-0.3, -0.25) is 14.2 Å². The third kappa shape index (κ3) is 4.31. The molecule has 7 heteroatoms. The lowest BCUT2D eigenvalue weighted by Gasteiger charge is -2.13. The van der Waals surface area contributed by atoms with E-state index >= 15 is 0 Å². The van der Waals surface area contributed by atoms with E-state index in [9.17, 15) is 9.59 Å². The average molecular weight is 420 g/mol. The van der Waals surface area contributed by atoms with Crippen molar-refractivity contribution in [3.8, 4) is 5.69 Å². The third-order valence-electron chi connectivity index (χ3n) is 4.72. The van der Waals surface area contributed by atoms with Crippen molar-refractivity contribution in [3.05, 3.63) is 88.6 Å². The Labute approximate surface area is 177 Å². The molecule has 0 fully saturated rings. The fourth-order valence-electron chi connectivity index (χ4n) is 3.10. The molecule has 0 spiro atoms. The summed E-state index contributed by atoms with van der Waals surface area (Å²) in [5, 5.41) is 3.84. The van der Waals surface area contributed by atoms with E-state index in [4.69, 9.17) is 4.42 Å². The maximum absolute atomic E-state index is 13.2. The molecule has 0 aliphatic rings. The molecule has 0 saturated carbocycles. The topological polar surface area (TPSA) is 77.1 Å². The van der Waals surface area contributed by atoms with E-state index in [0.29, 0.717) is 28.4 Å². The van der Waals surface area contributed by atoms with Gasteiger partial charge in [0.1, 0.15) is 5.76 Å². The first-order valence-corrected chi connectivity index (χ1v) is 10.7. The summed E-state index contributed by atoms with van der Waals surface area (Å²) in [5.41, 5.74) is 2.38. The predicted octanol–water partition coefficient (Wildman–Crippen LogP) is 3.95. The van der Waals surface area contributed by atoms with Crippen LogP contribution in [-0.2, 0) is 17.8 Å². The number of carbonyl (C=O) groups excluding carboxylic acids is 1.